The van der Waals surface area contributed by atoms with E-state index in [1.165, 1.54) is 70.6 Å². The maximum absolute atomic E-state index is 12.6. The number of carbonyl (C=O) groups is 3. The summed E-state index contributed by atoms with van der Waals surface area (Å²) in [7, 11) is -4.78. The smallest absolute Gasteiger partial charge is 0.472 e. The number of unbranched alkanes of at least 4 members (excludes halogenated alkanes) is 15. The largest absolute Gasteiger partial charge is 0.480 e. The van der Waals surface area contributed by atoms with Crippen LogP contribution in [0.1, 0.15) is 155 Å². The minimum Gasteiger partial charge on any atom is -0.480 e. The Morgan fingerprint density at radius 3 is 1.75 bits per heavy atom. The van der Waals surface area contributed by atoms with Gasteiger partial charge in [0.25, 0.3) is 0 Å². The van der Waals surface area contributed by atoms with Crippen LogP contribution in [0.4, 0.5) is 0 Å². The first kappa shape index (κ1) is 53.4. The minimum absolute atomic E-state index is 0.0986. The summed E-state index contributed by atoms with van der Waals surface area (Å²) in [4.78, 5) is 45.9. The molecule has 0 saturated heterocycles. The molecule has 0 aliphatic heterocycles. The van der Waals surface area contributed by atoms with Crippen molar-refractivity contribution in [3.63, 3.8) is 0 Å². The van der Waals surface area contributed by atoms with E-state index in [4.69, 9.17) is 24.8 Å². The number of hydrogen-bond acceptors (Lipinski definition) is 11. The molecule has 0 aromatic heterocycles. The molecule has 0 bridgehead atoms. The topological polar surface area (TPSA) is 212 Å². The summed E-state index contributed by atoms with van der Waals surface area (Å²) in [6, 6.07) is -1.56. The number of esters is 2. The van der Waals surface area contributed by atoms with Gasteiger partial charge in [0, 0.05) is 12.8 Å². The van der Waals surface area contributed by atoms with Crippen molar-refractivity contribution in [3.8, 4) is 0 Å². The van der Waals surface area contributed by atoms with E-state index in [0.29, 0.717) is 12.8 Å². The van der Waals surface area contributed by atoms with Crippen molar-refractivity contribution in [1.82, 2.24) is 0 Å². The van der Waals surface area contributed by atoms with Crippen LogP contribution in [0.15, 0.2) is 48.6 Å². The van der Waals surface area contributed by atoms with E-state index in [0.717, 1.165) is 32.1 Å². The number of aliphatic hydroxyl groups is 2. The van der Waals surface area contributed by atoms with Crippen LogP contribution in [0.25, 0.3) is 0 Å². The number of hydrogen-bond donors (Lipinski definition) is 5. The average Bonchev–Trinajstić information content (AvgIpc) is 3.16. The lowest BCUT2D eigenvalue weighted by molar-refractivity contribution is -0.161. The van der Waals surface area contributed by atoms with Gasteiger partial charge in [-0.15, -0.1) is 0 Å². The van der Waals surface area contributed by atoms with Gasteiger partial charge in [0.2, 0.25) is 0 Å². The molecule has 0 saturated carbocycles. The Kier molecular flexibility index (Phi) is 35.0. The summed E-state index contributed by atoms with van der Waals surface area (Å²) >= 11 is 0. The maximum atomic E-state index is 12.6. The van der Waals surface area contributed by atoms with Crippen molar-refractivity contribution in [2.75, 3.05) is 19.8 Å². The van der Waals surface area contributed by atoms with Gasteiger partial charge in [-0.2, -0.15) is 0 Å². The Bertz CT molecular complexity index is 1170. The number of nitrogens with two attached hydrogens (primary N) is 1. The van der Waals surface area contributed by atoms with Gasteiger partial charge in [0.15, 0.2) is 6.10 Å². The van der Waals surface area contributed by atoms with Gasteiger partial charge in [-0.25, -0.2) is 4.57 Å². The molecular formula is C42H74NO12P. The standard InChI is InChI=1S/C42H74NO12P/c1-3-5-7-9-11-12-13-14-15-16-17-19-25-31-40(46)52-33-38(34-53-56(50,51)54-35-39(43)42(48)49)55-41(47)32-26-30-37(45)29-24-21-20-23-28-36(44)27-22-18-10-8-6-4-2/h18,20-24,28-29,36-39,44-45H,3-17,19,25-27,30-35,43H2,1-2H3,(H,48,49)(H,50,51)/b21-20+,22-18-,28-23+,29-24-/t36-,37-,38+,39-/m0/s1. The molecule has 14 heteroatoms. The first-order chi connectivity index (χ1) is 26.9. The predicted octanol–water partition coefficient (Wildman–Crippen LogP) is 8.56. The van der Waals surface area contributed by atoms with Crippen molar-refractivity contribution in [3.05, 3.63) is 48.6 Å². The summed E-state index contributed by atoms with van der Waals surface area (Å²) in [5, 5.41) is 29.2. The number of carbonyl (C=O) groups excluding carboxylic acids is 2. The highest BCUT2D eigenvalue weighted by molar-refractivity contribution is 7.47. The van der Waals surface area contributed by atoms with E-state index in [9.17, 15) is 34.1 Å². The first-order valence-corrected chi connectivity index (χ1v) is 22.4. The molecule has 1 unspecified atom stereocenters. The molecule has 0 fully saturated rings. The molecule has 56 heavy (non-hydrogen) atoms. The molecule has 0 spiro atoms. The quantitative estimate of drug-likeness (QED) is 0.0130. The zero-order chi connectivity index (χ0) is 41.7. The number of allylic oxidation sites excluding steroid dienone is 5. The second-order valence-electron chi connectivity index (χ2n) is 14.2. The van der Waals surface area contributed by atoms with E-state index < -0.39 is 69.9 Å². The monoisotopic (exact) mass is 815 g/mol. The van der Waals surface area contributed by atoms with Crippen molar-refractivity contribution in [2.24, 2.45) is 5.73 Å². The zero-order valence-electron chi connectivity index (χ0n) is 34.2. The minimum atomic E-state index is -4.78. The van der Waals surface area contributed by atoms with Crippen molar-refractivity contribution in [2.45, 2.75) is 179 Å². The Labute approximate surface area is 336 Å². The van der Waals surface area contributed by atoms with Crippen LogP contribution < -0.4 is 5.73 Å². The second kappa shape index (κ2) is 36.7. The van der Waals surface area contributed by atoms with Crippen LogP contribution in [-0.4, -0.2) is 82.3 Å². The predicted molar refractivity (Wildman–Crippen MR) is 220 cm³/mol. The van der Waals surface area contributed by atoms with E-state index in [2.05, 4.69) is 24.4 Å². The fourth-order valence-electron chi connectivity index (χ4n) is 5.38. The Hall–Kier alpha value is -2.64. The fourth-order valence-corrected chi connectivity index (χ4v) is 6.15. The molecule has 6 N–H and O–H groups in total. The van der Waals surface area contributed by atoms with Gasteiger partial charge in [0.05, 0.1) is 25.4 Å². The molecule has 0 aromatic rings. The SMILES string of the molecule is CCCCC/C=C\C[C@H](O)/C=C/C=C/C=C\[C@H](O)CCCC(=O)O[C@H](COC(=O)CCCCCCCCCCCCCCC)COP(=O)(O)OC[C@H](N)C(=O)O. The highest BCUT2D eigenvalue weighted by Gasteiger charge is 2.28. The summed E-state index contributed by atoms with van der Waals surface area (Å²) in [6.45, 7) is 2.48. The molecule has 0 aliphatic rings. The van der Waals surface area contributed by atoms with Gasteiger partial charge in [-0.3, -0.25) is 23.4 Å². The number of carboxylic acid groups (broad SMARTS) is 1. The second-order valence-corrected chi connectivity index (χ2v) is 15.6. The van der Waals surface area contributed by atoms with Gasteiger partial charge in [-0.1, -0.05) is 152 Å². The zero-order valence-corrected chi connectivity index (χ0v) is 35.1. The lowest BCUT2D eigenvalue weighted by Gasteiger charge is -2.20. The molecule has 5 atom stereocenters. The van der Waals surface area contributed by atoms with Crippen LogP contribution in [-0.2, 0) is 37.5 Å². The number of phosphoric acid groups is 1. The summed E-state index contributed by atoms with van der Waals surface area (Å²) in [5.41, 5.74) is 5.31. The van der Waals surface area contributed by atoms with Crippen LogP contribution in [0, 0.1) is 0 Å². The molecular weight excluding hydrogens is 741 g/mol. The highest BCUT2D eigenvalue weighted by atomic mass is 31.2. The molecule has 0 amide bonds. The fraction of sp³-hybridized carbons (Fsp3) is 0.738. The summed E-state index contributed by atoms with van der Waals surface area (Å²) in [6.07, 6.45) is 32.4. The number of ether oxygens (including phenoxy) is 2. The molecule has 0 rings (SSSR count). The number of rotatable bonds is 38. The Morgan fingerprint density at radius 1 is 0.643 bits per heavy atom. The van der Waals surface area contributed by atoms with Crippen LogP contribution >= 0.6 is 7.82 Å². The normalized spacial score (nSPS) is 15.4. The lowest BCUT2D eigenvalue weighted by Crippen LogP contribution is -2.34. The number of aliphatic carboxylic acids is 1. The Morgan fingerprint density at radius 2 is 1.16 bits per heavy atom. The van der Waals surface area contributed by atoms with E-state index in [-0.39, 0.29) is 25.7 Å². The average molecular weight is 816 g/mol. The third-order valence-corrected chi connectivity index (χ3v) is 9.72. The van der Waals surface area contributed by atoms with Gasteiger partial charge in [0.1, 0.15) is 12.6 Å². The number of phosphoric ester groups is 1. The molecule has 0 radical (unpaired) electrons. The van der Waals surface area contributed by atoms with E-state index >= 15 is 0 Å². The van der Waals surface area contributed by atoms with E-state index in [1.54, 1.807) is 36.5 Å². The number of aliphatic hydroxyl groups excluding tert-OH is 2. The third-order valence-electron chi connectivity index (χ3n) is 8.77. The maximum Gasteiger partial charge on any atom is 0.472 e. The van der Waals surface area contributed by atoms with Crippen LogP contribution in [0.3, 0.4) is 0 Å². The van der Waals surface area contributed by atoms with Gasteiger partial charge >= 0.3 is 25.7 Å². The van der Waals surface area contributed by atoms with Crippen molar-refractivity contribution < 1.29 is 57.7 Å². The molecule has 0 aliphatic carbocycles. The number of carboxylic acids is 1. The van der Waals surface area contributed by atoms with Crippen LogP contribution in [0.2, 0.25) is 0 Å². The van der Waals surface area contributed by atoms with Crippen LogP contribution in [0.5, 0.6) is 0 Å². The molecule has 0 aromatic carbocycles. The van der Waals surface area contributed by atoms with Crippen molar-refractivity contribution in [1.29, 1.82) is 0 Å². The van der Waals surface area contributed by atoms with Crippen molar-refractivity contribution >= 4 is 25.7 Å². The lowest BCUT2D eigenvalue weighted by atomic mass is 10.0. The molecule has 324 valence electrons. The molecule has 13 nitrogen and oxygen atoms in total. The third kappa shape index (κ3) is 35.8. The van der Waals surface area contributed by atoms with E-state index in [1.807, 2.05) is 6.08 Å². The first-order valence-electron chi connectivity index (χ1n) is 20.9. The van der Waals surface area contributed by atoms with Gasteiger partial charge in [-0.05, 0) is 38.5 Å². The Balaban J connectivity index is 4.67. The highest BCUT2D eigenvalue weighted by Crippen LogP contribution is 2.43. The summed E-state index contributed by atoms with van der Waals surface area (Å²) < 4.78 is 32.4. The van der Waals surface area contributed by atoms with Gasteiger partial charge < -0.3 is 35.4 Å². The molecule has 0 heterocycles. The summed E-state index contributed by atoms with van der Waals surface area (Å²) in [5.74, 6) is -2.65.